The quantitative estimate of drug-likeness (QED) is 0.778. The van der Waals surface area contributed by atoms with Crippen molar-refractivity contribution in [2.45, 2.75) is 19.2 Å². The minimum absolute atomic E-state index is 0.0363. The lowest BCUT2D eigenvalue weighted by Crippen LogP contribution is -2.18. The summed E-state index contributed by atoms with van der Waals surface area (Å²) in [6.07, 6.45) is -4.76. The summed E-state index contributed by atoms with van der Waals surface area (Å²) in [5.41, 5.74) is 0.428. The Labute approximate surface area is 95.1 Å². The zero-order chi connectivity index (χ0) is 12.3. The Bertz CT molecular complexity index is 382. The molecule has 0 radical (unpaired) electrons. The highest BCUT2D eigenvalue weighted by atomic mass is 35.5. The first-order chi connectivity index (χ1) is 7.37. The molecule has 90 valence electrons. The summed E-state index contributed by atoms with van der Waals surface area (Å²) in [4.78, 5) is 3.90. The third kappa shape index (κ3) is 3.16. The van der Waals surface area contributed by atoms with Gasteiger partial charge < -0.3 is 9.47 Å². The highest BCUT2D eigenvalue weighted by Crippen LogP contribution is 2.33. The van der Waals surface area contributed by atoms with Gasteiger partial charge in [0.1, 0.15) is 5.75 Å². The maximum atomic E-state index is 12.1. The molecule has 1 aromatic rings. The van der Waals surface area contributed by atoms with Crippen molar-refractivity contribution >= 4 is 11.6 Å². The van der Waals surface area contributed by atoms with Crippen LogP contribution < -0.4 is 9.47 Å². The van der Waals surface area contributed by atoms with Crippen LogP contribution >= 0.6 is 11.6 Å². The van der Waals surface area contributed by atoms with Crippen molar-refractivity contribution < 1.29 is 22.6 Å². The molecule has 1 rings (SSSR count). The van der Waals surface area contributed by atoms with Gasteiger partial charge in [0.2, 0.25) is 5.88 Å². The molecule has 0 fully saturated rings. The van der Waals surface area contributed by atoms with Crippen molar-refractivity contribution in [3.05, 3.63) is 17.3 Å². The molecule has 0 aliphatic rings. The van der Waals surface area contributed by atoms with Gasteiger partial charge in [0.05, 0.1) is 18.6 Å². The predicted octanol–water partition coefficient (Wildman–Crippen LogP) is 3.04. The third-order valence-corrected chi connectivity index (χ3v) is 1.99. The summed E-state index contributed by atoms with van der Waals surface area (Å²) >= 11 is 5.53. The minimum atomic E-state index is -4.76. The Kier molecular flexibility index (Phi) is 3.85. The van der Waals surface area contributed by atoms with E-state index in [1.54, 1.807) is 0 Å². The maximum absolute atomic E-state index is 12.1. The topological polar surface area (TPSA) is 31.4 Å². The van der Waals surface area contributed by atoms with Crippen molar-refractivity contribution in [3.8, 4) is 11.6 Å². The lowest BCUT2D eigenvalue weighted by Gasteiger charge is -2.14. The Morgan fingerprint density at radius 2 is 2.06 bits per heavy atom. The molecule has 7 heteroatoms. The fourth-order valence-electron chi connectivity index (χ4n) is 1.15. The van der Waals surface area contributed by atoms with E-state index in [-0.39, 0.29) is 23.1 Å². The molecule has 0 aliphatic heterocycles. The SMILES string of the molecule is COc1nc(C)cc(OC(F)(F)F)c1CCl. The van der Waals surface area contributed by atoms with Gasteiger partial charge in [-0.15, -0.1) is 24.8 Å². The number of methoxy groups -OCH3 is 1. The number of ether oxygens (including phenoxy) is 2. The van der Waals surface area contributed by atoms with E-state index in [1.165, 1.54) is 14.0 Å². The van der Waals surface area contributed by atoms with E-state index >= 15 is 0 Å². The van der Waals surface area contributed by atoms with Crippen molar-refractivity contribution in [1.29, 1.82) is 0 Å². The zero-order valence-corrected chi connectivity index (χ0v) is 9.32. The predicted molar refractivity (Wildman–Crippen MR) is 51.8 cm³/mol. The van der Waals surface area contributed by atoms with Gasteiger partial charge in [0.15, 0.2) is 0 Å². The van der Waals surface area contributed by atoms with E-state index < -0.39 is 6.36 Å². The lowest BCUT2D eigenvalue weighted by atomic mass is 10.2. The van der Waals surface area contributed by atoms with Gasteiger partial charge in [-0.3, -0.25) is 0 Å². The number of rotatable bonds is 3. The molecule has 0 amide bonds. The lowest BCUT2D eigenvalue weighted by molar-refractivity contribution is -0.274. The van der Waals surface area contributed by atoms with E-state index in [0.717, 1.165) is 6.07 Å². The molecule has 3 nitrogen and oxygen atoms in total. The van der Waals surface area contributed by atoms with Crippen molar-refractivity contribution in [2.24, 2.45) is 0 Å². The maximum Gasteiger partial charge on any atom is 0.573 e. The van der Waals surface area contributed by atoms with Gasteiger partial charge in [0, 0.05) is 11.8 Å². The van der Waals surface area contributed by atoms with Gasteiger partial charge in [-0.1, -0.05) is 0 Å². The normalized spacial score (nSPS) is 11.4. The molecular weight excluding hydrogens is 247 g/mol. The van der Waals surface area contributed by atoms with Gasteiger partial charge in [0.25, 0.3) is 0 Å². The standard InChI is InChI=1S/C9H9ClF3NO2/c1-5-3-7(16-9(11,12)13)6(4-10)8(14-5)15-2/h3H,4H2,1-2H3. The molecule has 0 saturated carbocycles. The minimum Gasteiger partial charge on any atom is -0.481 e. The average molecular weight is 256 g/mol. The zero-order valence-electron chi connectivity index (χ0n) is 8.56. The second-order valence-electron chi connectivity index (χ2n) is 2.93. The summed E-state index contributed by atoms with van der Waals surface area (Å²) in [5, 5.41) is 0. The third-order valence-electron chi connectivity index (χ3n) is 1.73. The summed E-state index contributed by atoms with van der Waals surface area (Å²) in [7, 11) is 1.30. The Balaban J connectivity index is 3.20. The first-order valence-corrected chi connectivity index (χ1v) is 4.77. The molecule has 0 unspecified atom stereocenters. The van der Waals surface area contributed by atoms with E-state index in [2.05, 4.69) is 9.72 Å². The highest BCUT2D eigenvalue weighted by molar-refractivity contribution is 6.17. The van der Waals surface area contributed by atoms with E-state index in [4.69, 9.17) is 16.3 Å². The Morgan fingerprint density at radius 3 is 2.50 bits per heavy atom. The van der Waals surface area contributed by atoms with Crippen LogP contribution in [0, 0.1) is 6.92 Å². The Hall–Kier alpha value is -1.17. The first kappa shape index (κ1) is 12.9. The summed E-state index contributed by atoms with van der Waals surface area (Å²) < 4.78 is 45.0. The molecular formula is C9H9ClF3NO2. The summed E-state index contributed by atoms with van der Waals surface area (Å²) in [6, 6.07) is 1.16. The number of aryl methyl sites for hydroxylation is 1. The molecule has 0 spiro atoms. The van der Waals surface area contributed by atoms with Gasteiger partial charge in [-0.2, -0.15) is 0 Å². The van der Waals surface area contributed by atoms with Crippen molar-refractivity contribution in [1.82, 2.24) is 4.98 Å². The van der Waals surface area contributed by atoms with Crippen LogP contribution in [0.2, 0.25) is 0 Å². The van der Waals surface area contributed by atoms with E-state index in [0.29, 0.717) is 5.69 Å². The largest absolute Gasteiger partial charge is 0.573 e. The van der Waals surface area contributed by atoms with Crippen LogP contribution in [-0.2, 0) is 5.88 Å². The monoisotopic (exact) mass is 255 g/mol. The fraction of sp³-hybridized carbons (Fsp3) is 0.444. The molecule has 0 aromatic carbocycles. The van der Waals surface area contributed by atoms with E-state index in [1.807, 2.05) is 0 Å². The molecule has 1 aromatic heterocycles. The Morgan fingerprint density at radius 1 is 1.44 bits per heavy atom. The molecule has 1 heterocycles. The second kappa shape index (κ2) is 4.78. The van der Waals surface area contributed by atoms with Crippen LogP contribution in [0.4, 0.5) is 13.2 Å². The average Bonchev–Trinajstić information content (AvgIpc) is 2.14. The van der Waals surface area contributed by atoms with E-state index in [9.17, 15) is 13.2 Å². The van der Waals surface area contributed by atoms with Gasteiger partial charge in [-0.05, 0) is 6.92 Å². The number of aromatic nitrogens is 1. The van der Waals surface area contributed by atoms with Crippen LogP contribution in [0.1, 0.15) is 11.3 Å². The molecule has 0 N–H and O–H groups in total. The van der Waals surface area contributed by atoms with Crippen LogP contribution in [0.3, 0.4) is 0 Å². The molecule has 16 heavy (non-hydrogen) atoms. The van der Waals surface area contributed by atoms with Gasteiger partial charge in [-0.25, -0.2) is 4.98 Å². The summed E-state index contributed by atoms with van der Waals surface area (Å²) in [5.74, 6) is -0.525. The van der Waals surface area contributed by atoms with Gasteiger partial charge >= 0.3 is 6.36 Å². The number of halogens is 4. The molecule has 0 aliphatic carbocycles. The number of nitrogens with zero attached hydrogens (tertiary/aromatic N) is 1. The number of hydrogen-bond acceptors (Lipinski definition) is 3. The molecule has 0 atom stereocenters. The molecule has 0 saturated heterocycles. The van der Waals surface area contributed by atoms with Crippen LogP contribution in [-0.4, -0.2) is 18.5 Å². The van der Waals surface area contributed by atoms with Crippen LogP contribution in [0.5, 0.6) is 11.6 Å². The number of pyridine rings is 1. The van der Waals surface area contributed by atoms with Crippen LogP contribution in [0.25, 0.3) is 0 Å². The fourth-order valence-corrected chi connectivity index (χ4v) is 1.40. The number of alkyl halides is 4. The second-order valence-corrected chi connectivity index (χ2v) is 3.20. The first-order valence-electron chi connectivity index (χ1n) is 4.23. The van der Waals surface area contributed by atoms with Crippen molar-refractivity contribution in [3.63, 3.8) is 0 Å². The molecule has 0 bridgehead atoms. The number of hydrogen-bond donors (Lipinski definition) is 0. The van der Waals surface area contributed by atoms with Crippen LogP contribution in [0.15, 0.2) is 6.07 Å². The van der Waals surface area contributed by atoms with Crippen molar-refractivity contribution in [2.75, 3.05) is 7.11 Å². The summed E-state index contributed by atoms with van der Waals surface area (Å²) in [6.45, 7) is 1.53. The highest BCUT2D eigenvalue weighted by Gasteiger charge is 2.33. The smallest absolute Gasteiger partial charge is 0.481 e.